The molecule has 1 N–H and O–H groups in total. The minimum absolute atomic E-state index is 0.0727. The molecule has 24 heavy (non-hydrogen) atoms. The number of hydrogen-bond donors (Lipinski definition) is 1. The second kappa shape index (κ2) is 8.97. The summed E-state index contributed by atoms with van der Waals surface area (Å²) in [7, 11) is 1.61. The zero-order valence-electron chi connectivity index (χ0n) is 14.4. The van der Waals surface area contributed by atoms with Crippen molar-refractivity contribution in [3.8, 4) is 5.75 Å². The number of rotatable bonds is 9. The molecule has 0 spiro atoms. The fourth-order valence-corrected chi connectivity index (χ4v) is 2.28. The van der Waals surface area contributed by atoms with E-state index >= 15 is 0 Å². The molecule has 130 valence electrons. The van der Waals surface area contributed by atoms with Gasteiger partial charge in [-0.05, 0) is 47.7 Å². The van der Waals surface area contributed by atoms with Crippen molar-refractivity contribution < 1.29 is 9.53 Å². The van der Waals surface area contributed by atoms with Crippen LogP contribution in [0.15, 0.2) is 24.3 Å². The molecule has 0 aliphatic rings. The molecule has 8 heteroatoms. The number of amides is 1. The molecular formula is C16H24N6O2. The van der Waals surface area contributed by atoms with Crippen LogP contribution in [-0.4, -0.2) is 51.2 Å². The lowest BCUT2D eigenvalue weighted by Gasteiger charge is -2.19. The van der Waals surface area contributed by atoms with Gasteiger partial charge in [-0.25, -0.2) is 4.68 Å². The van der Waals surface area contributed by atoms with E-state index < -0.39 is 0 Å². The van der Waals surface area contributed by atoms with Gasteiger partial charge < -0.3 is 10.1 Å². The van der Waals surface area contributed by atoms with Crippen molar-refractivity contribution >= 4 is 11.6 Å². The first-order valence-corrected chi connectivity index (χ1v) is 8.07. The first-order valence-electron chi connectivity index (χ1n) is 8.07. The molecule has 0 unspecified atom stereocenters. The molecule has 0 fully saturated rings. The van der Waals surface area contributed by atoms with Gasteiger partial charge >= 0.3 is 0 Å². The molecule has 2 rings (SSSR count). The van der Waals surface area contributed by atoms with E-state index in [-0.39, 0.29) is 12.5 Å². The van der Waals surface area contributed by atoms with Gasteiger partial charge in [-0.3, -0.25) is 9.69 Å². The van der Waals surface area contributed by atoms with Gasteiger partial charge in [0.1, 0.15) is 5.75 Å². The maximum atomic E-state index is 12.2. The maximum Gasteiger partial charge on any atom is 0.238 e. The highest BCUT2D eigenvalue weighted by molar-refractivity contribution is 5.92. The number of anilines is 1. The molecule has 0 atom stereocenters. The van der Waals surface area contributed by atoms with Crippen LogP contribution in [0.3, 0.4) is 0 Å². The van der Waals surface area contributed by atoms with E-state index in [2.05, 4.69) is 27.8 Å². The predicted molar refractivity (Wildman–Crippen MR) is 90.7 cm³/mol. The second-order valence-electron chi connectivity index (χ2n) is 5.40. The smallest absolute Gasteiger partial charge is 0.238 e. The molecule has 0 aliphatic carbocycles. The van der Waals surface area contributed by atoms with Crippen molar-refractivity contribution in [1.82, 2.24) is 25.1 Å². The fourth-order valence-electron chi connectivity index (χ4n) is 2.28. The summed E-state index contributed by atoms with van der Waals surface area (Å²) in [5.41, 5.74) is 0.743. The number of ether oxygens (including phenoxy) is 1. The van der Waals surface area contributed by atoms with Crippen LogP contribution in [0.2, 0.25) is 0 Å². The lowest BCUT2D eigenvalue weighted by Crippen LogP contribution is -2.33. The predicted octanol–water partition coefficient (Wildman–Crippen LogP) is 1.55. The number of benzene rings is 1. The van der Waals surface area contributed by atoms with Gasteiger partial charge in [-0.2, -0.15) is 0 Å². The highest BCUT2D eigenvalue weighted by atomic mass is 16.5. The lowest BCUT2D eigenvalue weighted by molar-refractivity contribution is -0.117. The van der Waals surface area contributed by atoms with Gasteiger partial charge in [0.05, 0.1) is 20.2 Å². The van der Waals surface area contributed by atoms with E-state index in [9.17, 15) is 4.79 Å². The van der Waals surface area contributed by atoms with Crippen LogP contribution in [-0.2, 0) is 17.9 Å². The van der Waals surface area contributed by atoms with Crippen molar-refractivity contribution in [2.24, 2.45) is 0 Å². The summed E-state index contributed by atoms with van der Waals surface area (Å²) in [6.45, 7) is 6.41. The van der Waals surface area contributed by atoms with Crippen LogP contribution >= 0.6 is 0 Å². The lowest BCUT2D eigenvalue weighted by atomic mass is 10.3. The van der Waals surface area contributed by atoms with Crippen molar-refractivity contribution in [3.05, 3.63) is 30.1 Å². The number of tetrazole rings is 1. The molecule has 0 saturated carbocycles. The molecular weight excluding hydrogens is 308 g/mol. The van der Waals surface area contributed by atoms with Gasteiger partial charge in [0.2, 0.25) is 5.91 Å². The maximum absolute atomic E-state index is 12.2. The molecule has 0 bridgehead atoms. The van der Waals surface area contributed by atoms with Crippen LogP contribution in [0.5, 0.6) is 5.75 Å². The molecule has 1 heterocycles. The number of methoxy groups -OCH3 is 1. The Kier molecular flexibility index (Phi) is 6.68. The summed E-state index contributed by atoms with van der Waals surface area (Å²) in [4.78, 5) is 14.2. The Labute approximate surface area is 141 Å². The Bertz CT molecular complexity index is 640. The first-order chi connectivity index (χ1) is 11.7. The Morgan fingerprint density at radius 2 is 2.04 bits per heavy atom. The first kappa shape index (κ1) is 17.9. The quantitative estimate of drug-likeness (QED) is 0.750. The summed E-state index contributed by atoms with van der Waals surface area (Å²) < 4.78 is 6.89. The van der Waals surface area contributed by atoms with Crippen molar-refractivity contribution in [2.75, 3.05) is 25.5 Å². The zero-order chi connectivity index (χ0) is 17.4. The molecule has 0 aliphatic heterocycles. The molecule has 1 aromatic carbocycles. The highest BCUT2D eigenvalue weighted by Crippen LogP contribution is 2.15. The number of hydrogen-bond acceptors (Lipinski definition) is 6. The summed E-state index contributed by atoms with van der Waals surface area (Å²) in [5, 5.41) is 14.6. The topological polar surface area (TPSA) is 85.2 Å². The second-order valence-corrected chi connectivity index (χ2v) is 5.40. The minimum Gasteiger partial charge on any atom is -0.497 e. The number of aromatic nitrogens is 4. The average molecular weight is 332 g/mol. The van der Waals surface area contributed by atoms with Gasteiger partial charge in [-0.1, -0.05) is 13.8 Å². The normalized spacial score (nSPS) is 10.8. The number of carbonyl (C=O) groups is 1. The number of aryl methyl sites for hydroxylation is 1. The molecule has 0 saturated heterocycles. The van der Waals surface area contributed by atoms with Gasteiger partial charge in [-0.15, -0.1) is 5.10 Å². The zero-order valence-corrected chi connectivity index (χ0v) is 14.4. The number of carbonyl (C=O) groups excluding carboxylic acids is 1. The SMILES string of the molecule is CCCn1nnnc1CN(CC)CC(=O)Nc1ccc(OC)cc1. The van der Waals surface area contributed by atoms with Crippen LogP contribution in [0.4, 0.5) is 5.69 Å². The third-order valence-electron chi connectivity index (χ3n) is 3.59. The van der Waals surface area contributed by atoms with Crippen molar-refractivity contribution in [1.29, 1.82) is 0 Å². The summed E-state index contributed by atoms with van der Waals surface area (Å²) in [5.74, 6) is 1.46. The Morgan fingerprint density at radius 3 is 2.67 bits per heavy atom. The summed E-state index contributed by atoms with van der Waals surface area (Å²) in [6, 6.07) is 7.25. The molecule has 1 aromatic heterocycles. The largest absolute Gasteiger partial charge is 0.497 e. The number of nitrogens with one attached hydrogen (secondary N) is 1. The van der Waals surface area contributed by atoms with E-state index in [4.69, 9.17) is 4.74 Å². The third-order valence-corrected chi connectivity index (χ3v) is 3.59. The van der Waals surface area contributed by atoms with Crippen LogP contribution < -0.4 is 10.1 Å². The molecule has 2 aromatic rings. The number of likely N-dealkylation sites (N-methyl/N-ethyl adjacent to an activating group) is 1. The average Bonchev–Trinajstić information content (AvgIpc) is 3.02. The summed E-state index contributed by atoms with van der Waals surface area (Å²) >= 11 is 0. The van der Waals surface area contributed by atoms with E-state index in [1.807, 2.05) is 36.1 Å². The Balaban J connectivity index is 1.91. The Morgan fingerprint density at radius 1 is 1.29 bits per heavy atom. The molecule has 1 amide bonds. The van der Waals surface area contributed by atoms with Gasteiger partial charge in [0.25, 0.3) is 0 Å². The van der Waals surface area contributed by atoms with Crippen LogP contribution in [0.1, 0.15) is 26.1 Å². The van der Waals surface area contributed by atoms with Crippen molar-refractivity contribution in [2.45, 2.75) is 33.4 Å². The van der Waals surface area contributed by atoms with E-state index in [1.54, 1.807) is 11.8 Å². The summed E-state index contributed by atoms with van der Waals surface area (Å²) in [6.07, 6.45) is 0.960. The molecule has 0 radical (unpaired) electrons. The van der Waals surface area contributed by atoms with Gasteiger partial charge in [0.15, 0.2) is 5.82 Å². The Hall–Kier alpha value is -2.48. The third kappa shape index (κ3) is 5.02. The van der Waals surface area contributed by atoms with Crippen molar-refractivity contribution in [3.63, 3.8) is 0 Å². The minimum atomic E-state index is -0.0727. The highest BCUT2D eigenvalue weighted by Gasteiger charge is 2.14. The standard InChI is InChI=1S/C16H24N6O2/c1-4-10-22-15(18-19-20-22)11-21(5-2)12-16(23)17-13-6-8-14(24-3)9-7-13/h6-9H,4-5,10-12H2,1-3H3,(H,17,23). The van der Waals surface area contributed by atoms with Crippen LogP contribution in [0.25, 0.3) is 0 Å². The van der Waals surface area contributed by atoms with E-state index in [1.165, 1.54) is 0 Å². The van der Waals surface area contributed by atoms with Gasteiger partial charge in [0, 0.05) is 12.2 Å². The van der Waals surface area contributed by atoms with E-state index in [0.717, 1.165) is 36.8 Å². The van der Waals surface area contributed by atoms with Crippen LogP contribution in [0, 0.1) is 0 Å². The number of nitrogens with zero attached hydrogens (tertiary/aromatic N) is 5. The fraction of sp³-hybridized carbons (Fsp3) is 0.500. The molecule has 8 nitrogen and oxygen atoms in total. The van der Waals surface area contributed by atoms with E-state index in [0.29, 0.717) is 6.54 Å². The monoisotopic (exact) mass is 332 g/mol.